The van der Waals surface area contributed by atoms with Gasteiger partial charge in [0.25, 0.3) is 11.8 Å². The van der Waals surface area contributed by atoms with Gasteiger partial charge >= 0.3 is 5.97 Å². The molecule has 0 aliphatic rings. The molecule has 0 spiro atoms. The van der Waals surface area contributed by atoms with Gasteiger partial charge in [0.2, 0.25) is 0 Å². The second-order valence-electron chi connectivity index (χ2n) is 7.13. The minimum Gasteiger partial charge on any atom is -0.493 e. The zero-order chi connectivity index (χ0) is 26.1. The molecular weight excluding hydrogens is 509 g/mol. The number of esters is 1. The number of rotatable bonds is 9. The van der Waals surface area contributed by atoms with Gasteiger partial charge in [0.05, 0.1) is 37.6 Å². The smallest absolute Gasteiger partial charge is 0.345 e. The highest BCUT2D eigenvalue weighted by Crippen LogP contribution is 2.27. The second-order valence-corrected chi connectivity index (χ2v) is 7.97. The van der Waals surface area contributed by atoms with Crippen LogP contribution in [0.5, 0.6) is 17.2 Å². The minimum absolute atomic E-state index is 0.187. The Bertz CT molecular complexity index is 1300. The average Bonchev–Trinajstić information content (AvgIpc) is 2.87. The summed E-state index contributed by atoms with van der Waals surface area (Å²) in [5, 5.41) is 6.94. The molecule has 36 heavy (non-hydrogen) atoms. The number of ether oxygens (including phenoxy) is 3. The van der Waals surface area contributed by atoms with E-state index in [-0.39, 0.29) is 17.1 Å². The van der Waals surface area contributed by atoms with Gasteiger partial charge in [-0.3, -0.25) is 9.59 Å². The standard InChI is InChI=1S/C25H21Cl2N3O6/c1-34-21-10-5-16(11-22(21)35-2)24(32)28-14-23(31)30-29-13-15-3-7-18(8-4-15)36-25(33)19-9-6-17(26)12-20(19)27/h3-13H,14H2,1-2H3,(H,28,32)(H,30,31)/b29-13+. The van der Waals surface area contributed by atoms with Gasteiger partial charge in [-0.1, -0.05) is 23.2 Å². The third-order valence-corrected chi connectivity index (χ3v) is 5.25. The lowest BCUT2D eigenvalue weighted by molar-refractivity contribution is -0.120. The Hall–Kier alpha value is -4.08. The first kappa shape index (κ1) is 26.5. The summed E-state index contributed by atoms with van der Waals surface area (Å²) in [6.07, 6.45) is 1.40. The molecule has 2 N–H and O–H groups in total. The fraction of sp³-hybridized carbons (Fsp3) is 0.120. The van der Waals surface area contributed by atoms with Gasteiger partial charge in [0, 0.05) is 10.6 Å². The van der Waals surface area contributed by atoms with Crippen LogP contribution < -0.4 is 25.0 Å². The van der Waals surface area contributed by atoms with E-state index in [0.717, 1.165) is 0 Å². The Labute approximate surface area is 216 Å². The third-order valence-electron chi connectivity index (χ3n) is 4.70. The number of hydrogen-bond acceptors (Lipinski definition) is 7. The quantitative estimate of drug-likeness (QED) is 0.186. The number of halogens is 2. The summed E-state index contributed by atoms with van der Waals surface area (Å²) < 4.78 is 15.6. The Balaban J connectivity index is 1.47. The van der Waals surface area contributed by atoms with Crippen LogP contribution in [0.3, 0.4) is 0 Å². The predicted octanol–water partition coefficient (Wildman–Crippen LogP) is 4.11. The van der Waals surface area contributed by atoms with Gasteiger partial charge in [-0.05, 0) is 66.2 Å². The average molecular weight is 530 g/mol. The van der Waals surface area contributed by atoms with Crippen LogP contribution in [0, 0.1) is 0 Å². The van der Waals surface area contributed by atoms with E-state index in [1.807, 2.05) is 0 Å². The minimum atomic E-state index is -0.625. The SMILES string of the molecule is COc1ccc(C(=O)NCC(=O)N/N=C/c2ccc(OC(=O)c3ccc(Cl)cc3Cl)cc2)cc1OC. The van der Waals surface area contributed by atoms with Crippen molar-refractivity contribution in [2.45, 2.75) is 0 Å². The van der Waals surface area contributed by atoms with Crippen LogP contribution in [-0.2, 0) is 4.79 Å². The molecule has 0 aliphatic heterocycles. The van der Waals surface area contributed by atoms with Gasteiger partial charge in [0.1, 0.15) is 5.75 Å². The van der Waals surface area contributed by atoms with E-state index in [9.17, 15) is 14.4 Å². The highest BCUT2D eigenvalue weighted by atomic mass is 35.5. The van der Waals surface area contributed by atoms with Crippen LogP contribution in [0.15, 0.2) is 65.8 Å². The highest BCUT2D eigenvalue weighted by molar-refractivity contribution is 6.36. The molecule has 0 saturated carbocycles. The maximum Gasteiger partial charge on any atom is 0.345 e. The molecule has 3 aromatic rings. The molecule has 186 valence electrons. The van der Waals surface area contributed by atoms with Gasteiger partial charge in [-0.2, -0.15) is 5.10 Å². The summed E-state index contributed by atoms with van der Waals surface area (Å²) >= 11 is 11.9. The molecule has 0 fully saturated rings. The molecule has 0 unspecified atom stereocenters. The van der Waals surface area contributed by atoms with E-state index < -0.39 is 17.8 Å². The number of nitrogens with one attached hydrogen (secondary N) is 2. The number of carbonyl (C=O) groups is 3. The van der Waals surface area contributed by atoms with Crippen molar-refractivity contribution in [3.63, 3.8) is 0 Å². The first-order valence-electron chi connectivity index (χ1n) is 10.4. The van der Waals surface area contributed by atoms with Crippen molar-refractivity contribution < 1.29 is 28.6 Å². The molecule has 11 heteroatoms. The van der Waals surface area contributed by atoms with Crippen molar-refractivity contribution in [1.82, 2.24) is 10.7 Å². The van der Waals surface area contributed by atoms with Crippen LogP contribution in [0.4, 0.5) is 0 Å². The zero-order valence-electron chi connectivity index (χ0n) is 19.2. The lowest BCUT2D eigenvalue weighted by Crippen LogP contribution is -2.34. The van der Waals surface area contributed by atoms with Crippen LogP contribution in [0.25, 0.3) is 0 Å². The van der Waals surface area contributed by atoms with Crippen molar-refractivity contribution in [2.24, 2.45) is 5.10 Å². The van der Waals surface area contributed by atoms with E-state index in [1.165, 1.54) is 38.6 Å². The van der Waals surface area contributed by atoms with Gasteiger partial charge in [-0.25, -0.2) is 10.2 Å². The van der Waals surface area contributed by atoms with Gasteiger partial charge in [-0.15, -0.1) is 0 Å². The van der Waals surface area contributed by atoms with Crippen molar-refractivity contribution in [3.8, 4) is 17.2 Å². The largest absolute Gasteiger partial charge is 0.493 e. The lowest BCUT2D eigenvalue weighted by atomic mass is 10.2. The molecule has 0 bridgehead atoms. The molecular formula is C25H21Cl2N3O6. The highest BCUT2D eigenvalue weighted by Gasteiger charge is 2.14. The number of hydrazone groups is 1. The lowest BCUT2D eigenvalue weighted by Gasteiger charge is -2.09. The molecule has 0 aliphatic carbocycles. The Morgan fingerprint density at radius 3 is 2.31 bits per heavy atom. The normalized spacial score (nSPS) is 10.6. The van der Waals surface area contributed by atoms with E-state index in [1.54, 1.807) is 42.5 Å². The monoisotopic (exact) mass is 529 g/mol. The van der Waals surface area contributed by atoms with E-state index in [0.29, 0.717) is 33.4 Å². The van der Waals surface area contributed by atoms with Crippen molar-refractivity contribution in [1.29, 1.82) is 0 Å². The van der Waals surface area contributed by atoms with Crippen molar-refractivity contribution in [3.05, 3.63) is 87.4 Å². The van der Waals surface area contributed by atoms with Crippen LogP contribution in [0.1, 0.15) is 26.3 Å². The molecule has 0 radical (unpaired) electrons. The molecule has 0 heterocycles. The summed E-state index contributed by atoms with van der Waals surface area (Å²) in [5.41, 5.74) is 3.45. The summed E-state index contributed by atoms with van der Waals surface area (Å²) in [6.45, 7) is -0.285. The number of methoxy groups -OCH3 is 2. The van der Waals surface area contributed by atoms with Crippen LogP contribution in [0.2, 0.25) is 10.0 Å². The van der Waals surface area contributed by atoms with Gasteiger partial charge in [0.15, 0.2) is 11.5 Å². The fourth-order valence-corrected chi connectivity index (χ4v) is 3.38. The number of hydrogen-bond donors (Lipinski definition) is 2. The summed E-state index contributed by atoms with van der Waals surface area (Å²) in [4.78, 5) is 36.5. The maximum atomic E-state index is 12.3. The van der Waals surface area contributed by atoms with Gasteiger partial charge < -0.3 is 19.5 Å². The molecule has 2 amide bonds. The number of benzene rings is 3. The van der Waals surface area contributed by atoms with Crippen LogP contribution >= 0.6 is 23.2 Å². The topological polar surface area (TPSA) is 115 Å². The van der Waals surface area contributed by atoms with E-state index >= 15 is 0 Å². The van der Waals surface area contributed by atoms with Crippen molar-refractivity contribution in [2.75, 3.05) is 20.8 Å². The second kappa shape index (κ2) is 12.6. The summed E-state index contributed by atoms with van der Waals surface area (Å²) in [6, 6.07) is 15.5. The molecule has 0 saturated heterocycles. The molecule has 0 atom stereocenters. The fourth-order valence-electron chi connectivity index (χ4n) is 2.90. The number of nitrogens with zero attached hydrogens (tertiary/aromatic N) is 1. The number of amides is 2. The van der Waals surface area contributed by atoms with Crippen LogP contribution in [-0.4, -0.2) is 44.8 Å². The summed E-state index contributed by atoms with van der Waals surface area (Å²) in [7, 11) is 2.95. The maximum absolute atomic E-state index is 12.3. The Morgan fingerprint density at radius 2 is 1.64 bits per heavy atom. The zero-order valence-corrected chi connectivity index (χ0v) is 20.7. The molecule has 3 aromatic carbocycles. The molecule has 0 aromatic heterocycles. The van der Waals surface area contributed by atoms with Crippen molar-refractivity contribution >= 4 is 47.2 Å². The van der Waals surface area contributed by atoms with E-state index in [4.69, 9.17) is 37.4 Å². The third kappa shape index (κ3) is 7.21. The number of carbonyl (C=O) groups excluding carboxylic acids is 3. The molecule has 9 nitrogen and oxygen atoms in total. The molecule has 3 rings (SSSR count). The first-order chi connectivity index (χ1) is 17.3. The Morgan fingerprint density at radius 1 is 0.917 bits per heavy atom. The first-order valence-corrected chi connectivity index (χ1v) is 11.2. The predicted molar refractivity (Wildman–Crippen MR) is 135 cm³/mol. The summed E-state index contributed by atoms with van der Waals surface area (Å²) in [5.74, 6) is -0.428. The Kier molecular flexibility index (Phi) is 9.26. The van der Waals surface area contributed by atoms with E-state index in [2.05, 4.69) is 15.8 Å².